The number of methoxy groups -OCH3 is 1. The van der Waals surface area contributed by atoms with Gasteiger partial charge in [0.1, 0.15) is 6.54 Å². The lowest BCUT2D eigenvalue weighted by atomic mass is 9.90. The molecular weight excluding hydrogens is 375 g/mol. The molecule has 1 aromatic heterocycles. The van der Waals surface area contributed by atoms with E-state index in [9.17, 15) is 9.18 Å². The van der Waals surface area contributed by atoms with E-state index >= 15 is 0 Å². The minimum absolute atomic E-state index is 0.182. The Morgan fingerprint density at radius 3 is 2.82 bits per heavy atom. The summed E-state index contributed by atoms with van der Waals surface area (Å²) < 4.78 is 18.9. The van der Waals surface area contributed by atoms with Crippen molar-refractivity contribution in [3.8, 4) is 5.75 Å². The fraction of sp³-hybridized carbons (Fsp3) is 0.500. The first kappa shape index (κ1) is 19.4. The van der Waals surface area contributed by atoms with E-state index in [4.69, 9.17) is 4.74 Å². The number of hydrogen-bond acceptors (Lipinski definition) is 3. The number of thiophene rings is 1. The summed E-state index contributed by atoms with van der Waals surface area (Å²) in [6, 6.07) is 7.30. The van der Waals surface area contributed by atoms with Crippen LogP contribution in [0.5, 0.6) is 5.75 Å². The molecule has 1 aliphatic carbocycles. The summed E-state index contributed by atoms with van der Waals surface area (Å²) in [5.74, 6) is 0.869. The summed E-state index contributed by atoms with van der Waals surface area (Å²) in [5, 5.41) is 0. The van der Waals surface area contributed by atoms with Crippen LogP contribution in [0, 0.1) is 11.7 Å². The van der Waals surface area contributed by atoms with Gasteiger partial charge >= 0.3 is 0 Å². The Balaban J connectivity index is 1.34. The van der Waals surface area contributed by atoms with E-state index in [1.54, 1.807) is 23.5 Å². The van der Waals surface area contributed by atoms with Gasteiger partial charge in [0.2, 0.25) is 0 Å². The first-order valence-corrected chi connectivity index (χ1v) is 10.9. The van der Waals surface area contributed by atoms with Gasteiger partial charge in [0.25, 0.3) is 5.91 Å². The third-order valence-electron chi connectivity index (χ3n) is 5.97. The van der Waals surface area contributed by atoms with Crippen LogP contribution in [-0.4, -0.2) is 44.1 Å². The molecule has 4 rings (SSSR count). The molecule has 1 fully saturated rings. The number of carbonyl (C=O) groups excluding carboxylic acids is 1. The molecule has 1 atom stereocenters. The third kappa shape index (κ3) is 4.08. The first-order chi connectivity index (χ1) is 13.5. The van der Waals surface area contributed by atoms with Crippen LogP contribution in [0.3, 0.4) is 0 Å². The summed E-state index contributed by atoms with van der Waals surface area (Å²) >= 11 is 1.70. The van der Waals surface area contributed by atoms with E-state index in [2.05, 4.69) is 13.0 Å². The number of amides is 1. The van der Waals surface area contributed by atoms with E-state index in [0.717, 1.165) is 61.9 Å². The predicted octanol–water partition coefficient (Wildman–Crippen LogP) is 2.56. The Morgan fingerprint density at radius 1 is 1.32 bits per heavy atom. The Labute approximate surface area is 169 Å². The van der Waals surface area contributed by atoms with E-state index < -0.39 is 0 Å². The van der Waals surface area contributed by atoms with Crippen LogP contribution >= 0.6 is 11.3 Å². The lowest BCUT2D eigenvalue weighted by Gasteiger charge is -2.32. The van der Waals surface area contributed by atoms with Gasteiger partial charge in [0.05, 0.1) is 38.2 Å². The number of rotatable bonds is 4. The molecular formula is C22H28FN2O2S+. The van der Waals surface area contributed by atoms with Crippen LogP contribution in [0.25, 0.3) is 0 Å². The Kier molecular flexibility index (Phi) is 5.69. The van der Waals surface area contributed by atoms with Crippen LogP contribution in [0.4, 0.5) is 4.39 Å². The summed E-state index contributed by atoms with van der Waals surface area (Å²) in [6.45, 7) is 6.35. The molecule has 4 nitrogen and oxygen atoms in total. The normalized spacial score (nSPS) is 20.1. The fourth-order valence-electron chi connectivity index (χ4n) is 4.28. The highest BCUT2D eigenvalue weighted by Crippen LogP contribution is 2.32. The van der Waals surface area contributed by atoms with Gasteiger partial charge in [-0.05, 0) is 55.0 Å². The SMILES string of the molecule is COc1ccc(C[NH+]2CCN(C(=O)c3cc4c(s3)CC[C@@H](C)C4)CC2)cc1F. The van der Waals surface area contributed by atoms with Crippen molar-refractivity contribution in [2.45, 2.75) is 32.7 Å². The molecule has 2 aliphatic rings. The number of ether oxygens (including phenoxy) is 1. The van der Waals surface area contributed by atoms with E-state index in [1.807, 2.05) is 11.0 Å². The number of hydrogen-bond donors (Lipinski definition) is 1. The Hall–Kier alpha value is -1.92. The van der Waals surface area contributed by atoms with Crippen LogP contribution < -0.4 is 9.64 Å². The Morgan fingerprint density at radius 2 is 2.11 bits per heavy atom. The average molecular weight is 404 g/mol. The minimum Gasteiger partial charge on any atom is -0.494 e. The van der Waals surface area contributed by atoms with Crippen molar-refractivity contribution in [1.29, 1.82) is 0 Å². The van der Waals surface area contributed by atoms with Crippen LogP contribution in [0.1, 0.15) is 39.0 Å². The lowest BCUT2D eigenvalue weighted by molar-refractivity contribution is -0.917. The van der Waals surface area contributed by atoms with Crippen molar-refractivity contribution in [2.24, 2.45) is 5.92 Å². The summed E-state index contributed by atoms with van der Waals surface area (Å²) in [7, 11) is 1.48. The zero-order valence-corrected chi connectivity index (χ0v) is 17.4. The summed E-state index contributed by atoms with van der Waals surface area (Å²) in [4.78, 5) is 18.6. The number of halogens is 1. The summed E-state index contributed by atoms with van der Waals surface area (Å²) in [5.41, 5.74) is 2.35. The van der Waals surface area contributed by atoms with Gasteiger partial charge in [-0.2, -0.15) is 0 Å². The molecule has 1 saturated heterocycles. The number of benzene rings is 1. The zero-order chi connectivity index (χ0) is 19.7. The second kappa shape index (κ2) is 8.21. The van der Waals surface area contributed by atoms with Gasteiger partial charge in [-0.25, -0.2) is 4.39 Å². The van der Waals surface area contributed by atoms with Gasteiger partial charge in [-0.3, -0.25) is 4.79 Å². The van der Waals surface area contributed by atoms with Crippen LogP contribution in [0.2, 0.25) is 0 Å². The predicted molar refractivity (Wildman–Crippen MR) is 109 cm³/mol. The first-order valence-electron chi connectivity index (χ1n) is 10.1. The fourth-order valence-corrected chi connectivity index (χ4v) is 5.45. The molecule has 0 bridgehead atoms. The smallest absolute Gasteiger partial charge is 0.264 e. The maximum absolute atomic E-state index is 13.9. The van der Waals surface area contributed by atoms with Gasteiger partial charge < -0.3 is 14.5 Å². The molecule has 0 spiro atoms. The van der Waals surface area contributed by atoms with Gasteiger partial charge in [-0.15, -0.1) is 11.3 Å². The number of quaternary nitrogens is 1. The minimum atomic E-state index is -0.316. The molecule has 6 heteroatoms. The van der Waals surface area contributed by atoms with Gasteiger partial charge in [0, 0.05) is 10.4 Å². The molecule has 0 unspecified atom stereocenters. The van der Waals surface area contributed by atoms with E-state index in [1.165, 1.54) is 28.9 Å². The molecule has 1 N–H and O–H groups in total. The van der Waals surface area contributed by atoms with Crippen molar-refractivity contribution in [3.05, 3.63) is 51.0 Å². The molecule has 150 valence electrons. The average Bonchev–Trinajstić information content (AvgIpc) is 3.11. The number of carbonyl (C=O) groups is 1. The molecule has 1 amide bonds. The lowest BCUT2D eigenvalue weighted by Crippen LogP contribution is -3.13. The highest BCUT2D eigenvalue weighted by molar-refractivity contribution is 7.14. The quantitative estimate of drug-likeness (QED) is 0.851. The van der Waals surface area contributed by atoms with Crippen molar-refractivity contribution in [2.75, 3.05) is 33.3 Å². The van der Waals surface area contributed by atoms with Crippen LogP contribution in [-0.2, 0) is 19.4 Å². The third-order valence-corrected chi connectivity index (χ3v) is 7.19. The maximum atomic E-state index is 13.9. The van der Waals surface area contributed by atoms with E-state index in [0.29, 0.717) is 0 Å². The number of piperazine rings is 1. The Bertz CT molecular complexity index is 858. The van der Waals surface area contributed by atoms with E-state index in [-0.39, 0.29) is 17.5 Å². The highest BCUT2D eigenvalue weighted by atomic mass is 32.1. The van der Waals surface area contributed by atoms with Gasteiger partial charge in [0.15, 0.2) is 11.6 Å². The molecule has 2 heterocycles. The highest BCUT2D eigenvalue weighted by Gasteiger charge is 2.27. The van der Waals surface area contributed by atoms with Crippen LogP contribution in [0.15, 0.2) is 24.3 Å². The maximum Gasteiger partial charge on any atom is 0.264 e. The molecule has 0 radical (unpaired) electrons. The summed E-state index contributed by atoms with van der Waals surface area (Å²) in [6.07, 6.45) is 3.45. The largest absolute Gasteiger partial charge is 0.494 e. The molecule has 1 aromatic carbocycles. The van der Waals surface area contributed by atoms with Crippen molar-refractivity contribution in [1.82, 2.24) is 4.90 Å². The zero-order valence-electron chi connectivity index (χ0n) is 16.6. The monoisotopic (exact) mass is 403 g/mol. The number of fused-ring (bicyclic) bond motifs is 1. The number of aryl methyl sites for hydroxylation is 1. The topological polar surface area (TPSA) is 34.0 Å². The molecule has 0 saturated carbocycles. The van der Waals surface area contributed by atoms with Crippen molar-refractivity contribution < 1.29 is 18.8 Å². The second-order valence-corrected chi connectivity index (χ2v) is 9.23. The van der Waals surface area contributed by atoms with Crippen molar-refractivity contribution >= 4 is 17.2 Å². The number of nitrogens with one attached hydrogen (secondary N) is 1. The molecule has 28 heavy (non-hydrogen) atoms. The second-order valence-electron chi connectivity index (χ2n) is 8.09. The number of nitrogens with zero attached hydrogens (tertiary/aromatic N) is 1. The van der Waals surface area contributed by atoms with Crippen molar-refractivity contribution in [3.63, 3.8) is 0 Å². The molecule has 1 aliphatic heterocycles. The molecule has 2 aromatic rings. The standard InChI is InChI=1S/C22H27FN2O2S/c1-15-3-6-20-17(11-15)13-21(28-20)22(26)25-9-7-24(8-10-25)14-16-4-5-19(27-2)18(23)12-16/h4-5,12-13,15H,3,6-11,14H2,1-2H3/p+1/t15-/m1/s1. The van der Waals surface area contributed by atoms with Gasteiger partial charge in [-0.1, -0.05) is 6.92 Å².